The Morgan fingerprint density at radius 1 is 1.36 bits per heavy atom. The Balaban J connectivity index is 1.87. The molecule has 2 rings (SSSR count). The van der Waals surface area contributed by atoms with Crippen LogP contribution in [0.4, 0.5) is 0 Å². The van der Waals surface area contributed by atoms with Crippen LogP contribution in [0.2, 0.25) is 0 Å². The molecule has 1 unspecified atom stereocenters. The molecular formula is C9H14N2. The zero-order valence-electron chi connectivity index (χ0n) is 6.95. The fourth-order valence-electron chi connectivity index (χ4n) is 2.03. The fourth-order valence-corrected chi connectivity index (χ4v) is 2.03. The van der Waals surface area contributed by atoms with Crippen molar-refractivity contribution in [1.82, 2.24) is 4.90 Å². The number of likely N-dealkylation sites (tertiary alicyclic amines) is 1. The molecule has 0 aromatic rings. The van der Waals surface area contributed by atoms with E-state index in [0.29, 0.717) is 11.8 Å². The molecule has 1 aliphatic carbocycles. The van der Waals surface area contributed by atoms with Crippen LogP contribution in [0.25, 0.3) is 0 Å². The smallest absolute Gasteiger partial charge is 0.0662 e. The molecule has 1 aliphatic heterocycles. The maximum Gasteiger partial charge on any atom is 0.0662 e. The lowest BCUT2D eigenvalue weighted by Crippen LogP contribution is -2.47. The van der Waals surface area contributed by atoms with Crippen molar-refractivity contribution in [3.05, 3.63) is 0 Å². The Labute approximate surface area is 67.8 Å². The van der Waals surface area contributed by atoms with Gasteiger partial charge in [0.2, 0.25) is 0 Å². The average molecular weight is 150 g/mol. The summed E-state index contributed by atoms with van der Waals surface area (Å²) in [5, 5.41) is 8.89. The van der Waals surface area contributed by atoms with E-state index in [1.807, 2.05) is 0 Å². The van der Waals surface area contributed by atoms with E-state index < -0.39 is 0 Å². The van der Waals surface area contributed by atoms with E-state index in [0.717, 1.165) is 19.0 Å². The van der Waals surface area contributed by atoms with Crippen LogP contribution in [0, 0.1) is 29.1 Å². The Morgan fingerprint density at radius 3 is 2.36 bits per heavy atom. The summed E-state index contributed by atoms with van der Waals surface area (Å²) in [6.45, 7) is 2.30. The minimum absolute atomic E-state index is 0.381. The van der Waals surface area contributed by atoms with Crippen LogP contribution >= 0.6 is 0 Å². The predicted octanol–water partition coefficient (Wildman–Crippen LogP) is 1.10. The van der Waals surface area contributed by atoms with Crippen molar-refractivity contribution in [3.63, 3.8) is 0 Å². The van der Waals surface area contributed by atoms with Gasteiger partial charge in [0, 0.05) is 19.0 Å². The Hall–Kier alpha value is -0.550. The van der Waals surface area contributed by atoms with E-state index in [9.17, 15) is 0 Å². The molecule has 1 heterocycles. The van der Waals surface area contributed by atoms with E-state index in [-0.39, 0.29) is 0 Å². The second-order valence-electron chi connectivity index (χ2n) is 3.97. The summed E-state index contributed by atoms with van der Waals surface area (Å²) in [6, 6.07) is 2.46. The third-order valence-electron chi connectivity index (χ3n) is 2.88. The third-order valence-corrected chi connectivity index (χ3v) is 2.88. The molecule has 0 spiro atoms. The molecule has 11 heavy (non-hydrogen) atoms. The van der Waals surface area contributed by atoms with Crippen molar-refractivity contribution >= 4 is 0 Å². The maximum atomic E-state index is 8.89. The van der Waals surface area contributed by atoms with E-state index in [2.05, 4.69) is 18.0 Å². The van der Waals surface area contributed by atoms with E-state index in [1.165, 1.54) is 12.8 Å². The van der Waals surface area contributed by atoms with Gasteiger partial charge in [0.25, 0.3) is 0 Å². The quantitative estimate of drug-likeness (QED) is 0.589. The van der Waals surface area contributed by atoms with Gasteiger partial charge in [-0.1, -0.05) is 0 Å². The van der Waals surface area contributed by atoms with Gasteiger partial charge in [-0.05, 0) is 25.8 Å². The summed E-state index contributed by atoms with van der Waals surface area (Å²) in [7, 11) is 2.12. The Morgan fingerprint density at radius 2 is 2.00 bits per heavy atom. The summed E-state index contributed by atoms with van der Waals surface area (Å²) < 4.78 is 0. The van der Waals surface area contributed by atoms with Crippen LogP contribution in [-0.4, -0.2) is 25.0 Å². The van der Waals surface area contributed by atoms with E-state index in [4.69, 9.17) is 5.26 Å². The molecule has 2 fully saturated rings. The molecule has 1 saturated heterocycles. The first-order valence-corrected chi connectivity index (χ1v) is 4.39. The number of hydrogen-bond acceptors (Lipinski definition) is 2. The van der Waals surface area contributed by atoms with Crippen LogP contribution < -0.4 is 0 Å². The van der Waals surface area contributed by atoms with Gasteiger partial charge in [-0.25, -0.2) is 0 Å². The molecule has 0 radical (unpaired) electrons. The average Bonchev–Trinajstić information content (AvgIpc) is 2.69. The van der Waals surface area contributed by atoms with Crippen molar-refractivity contribution in [3.8, 4) is 6.07 Å². The number of nitrogens with zero attached hydrogens (tertiary/aromatic N) is 2. The number of nitriles is 1. The van der Waals surface area contributed by atoms with Gasteiger partial charge < -0.3 is 4.90 Å². The zero-order valence-corrected chi connectivity index (χ0v) is 6.95. The SMILES string of the molecule is CN1CC(C(C#N)C2CC2)C1. The molecule has 60 valence electrons. The van der Waals surface area contributed by atoms with Crippen molar-refractivity contribution in [2.45, 2.75) is 12.8 Å². The van der Waals surface area contributed by atoms with Gasteiger partial charge >= 0.3 is 0 Å². The third kappa shape index (κ3) is 1.25. The van der Waals surface area contributed by atoms with Gasteiger partial charge in [-0.3, -0.25) is 0 Å². The Kier molecular flexibility index (Phi) is 1.61. The summed E-state index contributed by atoms with van der Waals surface area (Å²) in [5.74, 6) is 1.84. The molecule has 0 aromatic carbocycles. The van der Waals surface area contributed by atoms with E-state index in [1.54, 1.807) is 0 Å². The topological polar surface area (TPSA) is 27.0 Å². The van der Waals surface area contributed by atoms with Gasteiger partial charge in [0.15, 0.2) is 0 Å². The van der Waals surface area contributed by atoms with Crippen molar-refractivity contribution < 1.29 is 0 Å². The first-order valence-electron chi connectivity index (χ1n) is 4.39. The summed E-state index contributed by atoms with van der Waals surface area (Å²) >= 11 is 0. The van der Waals surface area contributed by atoms with Crippen LogP contribution in [0.1, 0.15) is 12.8 Å². The molecule has 0 aromatic heterocycles. The molecule has 0 amide bonds. The lowest BCUT2D eigenvalue weighted by molar-refractivity contribution is 0.0949. The minimum Gasteiger partial charge on any atom is -0.306 e. The molecule has 2 heteroatoms. The van der Waals surface area contributed by atoms with Crippen LogP contribution in [0.5, 0.6) is 0 Å². The van der Waals surface area contributed by atoms with Gasteiger partial charge in [0.05, 0.1) is 12.0 Å². The second-order valence-corrected chi connectivity index (χ2v) is 3.97. The standard InChI is InChI=1S/C9H14N2/c1-11-5-8(6-11)9(4-10)7-2-3-7/h7-9H,2-3,5-6H2,1H3. The highest BCUT2D eigenvalue weighted by Crippen LogP contribution is 2.42. The molecule has 2 nitrogen and oxygen atoms in total. The fraction of sp³-hybridized carbons (Fsp3) is 0.889. The summed E-state index contributed by atoms with van der Waals surface area (Å²) in [5.41, 5.74) is 0. The van der Waals surface area contributed by atoms with Crippen LogP contribution in [-0.2, 0) is 0 Å². The molecule has 1 atom stereocenters. The highest BCUT2D eigenvalue weighted by molar-refractivity contribution is 5.01. The number of rotatable bonds is 2. The molecule has 2 aliphatic rings. The highest BCUT2D eigenvalue weighted by atomic mass is 15.2. The van der Waals surface area contributed by atoms with Gasteiger partial charge in [-0.15, -0.1) is 0 Å². The predicted molar refractivity (Wildman–Crippen MR) is 42.8 cm³/mol. The molecule has 0 bridgehead atoms. The Bertz CT molecular complexity index is 184. The zero-order chi connectivity index (χ0) is 7.84. The maximum absolute atomic E-state index is 8.89. The number of hydrogen-bond donors (Lipinski definition) is 0. The minimum atomic E-state index is 0.381. The largest absolute Gasteiger partial charge is 0.306 e. The van der Waals surface area contributed by atoms with Crippen molar-refractivity contribution in [2.24, 2.45) is 17.8 Å². The molecule has 0 N–H and O–H groups in total. The monoisotopic (exact) mass is 150 g/mol. The van der Waals surface area contributed by atoms with Crippen LogP contribution in [0.3, 0.4) is 0 Å². The molecule has 1 saturated carbocycles. The van der Waals surface area contributed by atoms with Crippen molar-refractivity contribution in [2.75, 3.05) is 20.1 Å². The van der Waals surface area contributed by atoms with Gasteiger partial charge in [0.1, 0.15) is 0 Å². The first-order chi connectivity index (χ1) is 5.31. The second kappa shape index (κ2) is 2.49. The first kappa shape index (κ1) is 7.12. The highest BCUT2D eigenvalue weighted by Gasteiger charge is 2.40. The van der Waals surface area contributed by atoms with Gasteiger partial charge in [-0.2, -0.15) is 5.26 Å². The molecular weight excluding hydrogens is 136 g/mol. The lowest BCUT2D eigenvalue weighted by atomic mass is 9.84. The summed E-state index contributed by atoms with van der Waals surface area (Å²) in [6.07, 6.45) is 2.61. The lowest BCUT2D eigenvalue weighted by Gasteiger charge is -2.38. The van der Waals surface area contributed by atoms with Crippen LogP contribution in [0.15, 0.2) is 0 Å². The van der Waals surface area contributed by atoms with Crippen molar-refractivity contribution in [1.29, 1.82) is 5.26 Å². The summed E-state index contributed by atoms with van der Waals surface area (Å²) in [4.78, 5) is 2.29. The normalized spacial score (nSPS) is 29.1. The van der Waals surface area contributed by atoms with E-state index >= 15 is 0 Å².